The van der Waals surface area contributed by atoms with Crippen LogP contribution in [0.3, 0.4) is 0 Å². The molecule has 0 saturated carbocycles. The molecule has 1 aliphatic heterocycles. The van der Waals surface area contributed by atoms with Gasteiger partial charge in [0.25, 0.3) is 0 Å². The number of aliphatic carboxylic acids is 1. The molecule has 108 valence electrons. The number of rotatable bonds is 5. The number of benzene rings is 1. The van der Waals surface area contributed by atoms with Gasteiger partial charge in [0.1, 0.15) is 11.9 Å². The first-order valence-corrected chi connectivity index (χ1v) is 6.77. The minimum absolute atomic E-state index is 0.0175. The summed E-state index contributed by atoms with van der Waals surface area (Å²) in [6.45, 7) is 4.90. The highest BCUT2D eigenvalue weighted by Gasteiger charge is 2.22. The van der Waals surface area contributed by atoms with Gasteiger partial charge < -0.3 is 15.2 Å². The molecule has 5 heteroatoms. The van der Waals surface area contributed by atoms with Crippen LogP contribution in [-0.2, 0) is 4.79 Å². The molecule has 0 bridgehead atoms. The van der Waals surface area contributed by atoms with Crippen molar-refractivity contribution >= 4 is 17.4 Å². The van der Waals surface area contributed by atoms with Gasteiger partial charge in [-0.2, -0.15) is 0 Å². The van der Waals surface area contributed by atoms with E-state index in [1.165, 1.54) is 0 Å². The van der Waals surface area contributed by atoms with Gasteiger partial charge in [0.15, 0.2) is 5.78 Å². The van der Waals surface area contributed by atoms with Crippen LogP contribution in [0.2, 0.25) is 0 Å². The van der Waals surface area contributed by atoms with Crippen LogP contribution in [0.25, 0.3) is 0 Å². The van der Waals surface area contributed by atoms with E-state index in [0.717, 1.165) is 11.4 Å². The highest BCUT2D eigenvalue weighted by molar-refractivity contribution is 5.98. The number of carbonyl (C=O) groups excluding carboxylic acids is 1. The minimum atomic E-state index is -0.961. The standard InChI is InChI=1S/C15H19NO4/c1-9(2)14-8-16-11-7-10(3-5-13(11)20-14)12(17)4-6-15(18)19/h3,5,7,9,14,16H,4,6,8H2,1-2H3,(H,18,19). The maximum Gasteiger partial charge on any atom is 0.303 e. The van der Waals surface area contributed by atoms with E-state index in [1.54, 1.807) is 18.2 Å². The number of ketones is 1. The molecule has 2 N–H and O–H groups in total. The molecule has 0 amide bonds. The maximum absolute atomic E-state index is 11.9. The largest absolute Gasteiger partial charge is 0.486 e. The fourth-order valence-corrected chi connectivity index (χ4v) is 2.10. The summed E-state index contributed by atoms with van der Waals surface area (Å²) >= 11 is 0. The number of hydrogen-bond acceptors (Lipinski definition) is 4. The van der Waals surface area contributed by atoms with Gasteiger partial charge in [-0.05, 0) is 24.1 Å². The van der Waals surface area contributed by atoms with Gasteiger partial charge in [-0.1, -0.05) is 13.8 Å². The lowest BCUT2D eigenvalue weighted by Gasteiger charge is -2.30. The Balaban J connectivity index is 2.09. The van der Waals surface area contributed by atoms with Crippen molar-refractivity contribution < 1.29 is 19.4 Å². The van der Waals surface area contributed by atoms with Gasteiger partial charge in [0.05, 0.1) is 18.7 Å². The van der Waals surface area contributed by atoms with E-state index < -0.39 is 5.97 Å². The lowest BCUT2D eigenvalue weighted by Crippen LogP contribution is -2.35. The average Bonchev–Trinajstić information content (AvgIpc) is 2.43. The molecule has 1 aromatic carbocycles. The molecule has 20 heavy (non-hydrogen) atoms. The molecule has 1 unspecified atom stereocenters. The van der Waals surface area contributed by atoms with Gasteiger partial charge in [-0.15, -0.1) is 0 Å². The Labute approximate surface area is 117 Å². The van der Waals surface area contributed by atoms with Crippen molar-refractivity contribution in [1.82, 2.24) is 0 Å². The van der Waals surface area contributed by atoms with E-state index >= 15 is 0 Å². The number of carboxylic acid groups (broad SMARTS) is 1. The van der Waals surface area contributed by atoms with Crippen LogP contribution in [-0.4, -0.2) is 29.5 Å². The first-order chi connectivity index (χ1) is 9.47. The van der Waals surface area contributed by atoms with E-state index in [9.17, 15) is 9.59 Å². The van der Waals surface area contributed by atoms with Crippen LogP contribution in [0.15, 0.2) is 18.2 Å². The molecule has 0 aliphatic carbocycles. The normalized spacial score (nSPS) is 17.1. The topological polar surface area (TPSA) is 75.6 Å². The molecule has 1 aromatic rings. The first-order valence-electron chi connectivity index (χ1n) is 6.77. The first kappa shape index (κ1) is 14.4. The fourth-order valence-electron chi connectivity index (χ4n) is 2.10. The number of nitrogens with one attached hydrogen (secondary N) is 1. The van der Waals surface area contributed by atoms with Crippen LogP contribution in [0, 0.1) is 5.92 Å². The summed E-state index contributed by atoms with van der Waals surface area (Å²) in [6, 6.07) is 5.19. The molecule has 0 aromatic heterocycles. The second-order valence-corrected chi connectivity index (χ2v) is 5.31. The van der Waals surface area contributed by atoms with Gasteiger partial charge in [0.2, 0.25) is 0 Å². The Morgan fingerprint density at radius 3 is 2.80 bits per heavy atom. The molecule has 1 heterocycles. The molecular formula is C15H19NO4. The Kier molecular flexibility index (Phi) is 4.27. The number of fused-ring (bicyclic) bond motifs is 1. The third-order valence-corrected chi connectivity index (χ3v) is 3.38. The van der Waals surface area contributed by atoms with Crippen LogP contribution < -0.4 is 10.1 Å². The smallest absolute Gasteiger partial charge is 0.303 e. The van der Waals surface area contributed by atoms with Crippen LogP contribution >= 0.6 is 0 Å². The number of carboxylic acids is 1. The molecular weight excluding hydrogens is 258 g/mol. The Morgan fingerprint density at radius 2 is 2.15 bits per heavy atom. The summed E-state index contributed by atoms with van der Waals surface area (Å²) in [4.78, 5) is 22.4. The van der Waals surface area contributed by atoms with Crippen LogP contribution in [0.5, 0.6) is 5.75 Å². The summed E-state index contributed by atoms with van der Waals surface area (Å²) in [5, 5.41) is 11.9. The fraction of sp³-hybridized carbons (Fsp3) is 0.467. The number of ether oxygens (including phenoxy) is 1. The summed E-state index contributed by atoms with van der Waals surface area (Å²) in [5.41, 5.74) is 1.31. The molecule has 0 spiro atoms. The summed E-state index contributed by atoms with van der Waals surface area (Å²) in [6.07, 6.45) is -0.00477. The van der Waals surface area contributed by atoms with E-state index in [-0.39, 0.29) is 24.7 Å². The van der Waals surface area contributed by atoms with Gasteiger partial charge in [0, 0.05) is 12.0 Å². The molecule has 0 saturated heterocycles. The lowest BCUT2D eigenvalue weighted by molar-refractivity contribution is -0.136. The molecule has 1 aliphatic rings. The summed E-state index contributed by atoms with van der Waals surface area (Å²) < 4.78 is 5.86. The Morgan fingerprint density at radius 1 is 1.40 bits per heavy atom. The van der Waals surface area contributed by atoms with Crippen LogP contribution in [0.1, 0.15) is 37.0 Å². The summed E-state index contributed by atoms with van der Waals surface area (Å²) in [5.74, 6) is 0.0257. The van der Waals surface area contributed by atoms with Gasteiger partial charge in [-0.25, -0.2) is 0 Å². The quantitative estimate of drug-likeness (QED) is 0.809. The molecule has 0 radical (unpaired) electrons. The van der Waals surface area contributed by atoms with E-state index in [0.29, 0.717) is 18.0 Å². The van der Waals surface area contributed by atoms with E-state index in [2.05, 4.69) is 19.2 Å². The van der Waals surface area contributed by atoms with Crippen molar-refractivity contribution in [3.63, 3.8) is 0 Å². The number of anilines is 1. The van der Waals surface area contributed by atoms with Gasteiger partial charge in [-0.3, -0.25) is 9.59 Å². The zero-order valence-electron chi connectivity index (χ0n) is 11.7. The SMILES string of the molecule is CC(C)C1CNc2cc(C(=O)CCC(=O)O)ccc2O1. The highest BCUT2D eigenvalue weighted by Crippen LogP contribution is 2.32. The van der Waals surface area contributed by atoms with Crippen molar-refractivity contribution in [1.29, 1.82) is 0 Å². The maximum atomic E-state index is 11.9. The monoisotopic (exact) mass is 277 g/mol. The number of carbonyl (C=O) groups is 2. The second-order valence-electron chi connectivity index (χ2n) is 5.31. The second kappa shape index (κ2) is 5.94. The summed E-state index contributed by atoms with van der Waals surface area (Å²) in [7, 11) is 0. The van der Waals surface area contributed by atoms with Crippen molar-refractivity contribution in [3.8, 4) is 5.75 Å². The highest BCUT2D eigenvalue weighted by atomic mass is 16.5. The minimum Gasteiger partial charge on any atom is -0.486 e. The van der Waals surface area contributed by atoms with Crippen molar-refractivity contribution in [2.45, 2.75) is 32.8 Å². The molecule has 0 fully saturated rings. The Hall–Kier alpha value is -2.04. The third kappa shape index (κ3) is 3.29. The molecule has 2 rings (SSSR count). The zero-order valence-corrected chi connectivity index (χ0v) is 11.7. The third-order valence-electron chi connectivity index (χ3n) is 3.38. The average molecular weight is 277 g/mol. The van der Waals surface area contributed by atoms with Crippen molar-refractivity contribution in [2.24, 2.45) is 5.92 Å². The Bertz CT molecular complexity index is 525. The number of Topliss-reactive ketones (excluding diaryl/α,β-unsaturated/α-hetero) is 1. The van der Waals surface area contributed by atoms with E-state index in [4.69, 9.17) is 9.84 Å². The molecule has 5 nitrogen and oxygen atoms in total. The predicted octanol–water partition coefficient (Wildman–Crippen LogP) is 2.56. The zero-order chi connectivity index (χ0) is 14.7. The molecule has 1 atom stereocenters. The van der Waals surface area contributed by atoms with Gasteiger partial charge >= 0.3 is 5.97 Å². The number of hydrogen-bond donors (Lipinski definition) is 2. The van der Waals surface area contributed by atoms with Crippen molar-refractivity contribution in [3.05, 3.63) is 23.8 Å². The van der Waals surface area contributed by atoms with Crippen LogP contribution in [0.4, 0.5) is 5.69 Å². The van der Waals surface area contributed by atoms with Crippen molar-refractivity contribution in [2.75, 3.05) is 11.9 Å². The van der Waals surface area contributed by atoms with E-state index in [1.807, 2.05) is 0 Å². The predicted molar refractivity (Wildman–Crippen MR) is 75.4 cm³/mol. The lowest BCUT2D eigenvalue weighted by atomic mass is 10.0.